The first-order valence-electron chi connectivity index (χ1n) is 7.37. The molecule has 2 N–H and O–H groups in total. The third-order valence-electron chi connectivity index (χ3n) is 4.34. The minimum Gasteiger partial charge on any atom is -0.396 e. The number of nitrogens with zero attached hydrogens (tertiary/aromatic N) is 3. The normalized spacial score (nSPS) is 23.0. The van der Waals surface area contributed by atoms with Crippen molar-refractivity contribution in [2.45, 2.75) is 13.5 Å². The second-order valence-electron chi connectivity index (χ2n) is 5.82. The van der Waals surface area contributed by atoms with Crippen molar-refractivity contribution in [3.63, 3.8) is 0 Å². The standard InChI is InChI=1S/C16H21N3O2/c1-11-16(18-15-5-3-2-4-14(15)17-11)8-19-6-12(9-20)13(7-19)10-21/h2-5,12-13,20-21H,6-10H2,1H3/t12-,13-/m0/s1. The second-order valence-corrected chi connectivity index (χ2v) is 5.82. The number of hydrogen-bond donors (Lipinski definition) is 2. The molecule has 0 amide bonds. The molecule has 0 saturated carbocycles. The van der Waals surface area contributed by atoms with Crippen molar-refractivity contribution in [3.8, 4) is 0 Å². The van der Waals surface area contributed by atoms with E-state index >= 15 is 0 Å². The summed E-state index contributed by atoms with van der Waals surface area (Å²) < 4.78 is 0. The Morgan fingerprint density at radius 1 is 1.05 bits per heavy atom. The van der Waals surface area contributed by atoms with Crippen molar-refractivity contribution < 1.29 is 10.2 Å². The van der Waals surface area contributed by atoms with Crippen molar-refractivity contribution >= 4 is 11.0 Å². The molecule has 5 heteroatoms. The average Bonchev–Trinajstić information content (AvgIpc) is 2.90. The van der Waals surface area contributed by atoms with E-state index in [0.717, 1.165) is 42.1 Å². The molecule has 112 valence electrons. The molecule has 1 saturated heterocycles. The van der Waals surface area contributed by atoms with Crippen LogP contribution in [0.4, 0.5) is 0 Å². The molecule has 3 rings (SSSR count). The van der Waals surface area contributed by atoms with Crippen LogP contribution in [0.3, 0.4) is 0 Å². The monoisotopic (exact) mass is 287 g/mol. The first kappa shape index (κ1) is 14.4. The lowest BCUT2D eigenvalue weighted by molar-refractivity contribution is 0.152. The Hall–Kier alpha value is -1.56. The molecule has 2 aromatic rings. The Bertz CT molecular complexity index is 620. The van der Waals surface area contributed by atoms with E-state index < -0.39 is 0 Å². The Morgan fingerprint density at radius 2 is 1.62 bits per heavy atom. The van der Waals surface area contributed by atoms with Crippen LogP contribution in [-0.4, -0.2) is 51.4 Å². The molecule has 0 bridgehead atoms. The summed E-state index contributed by atoms with van der Waals surface area (Å²) in [5.74, 6) is 0.312. The predicted molar refractivity (Wildman–Crippen MR) is 80.7 cm³/mol. The van der Waals surface area contributed by atoms with Crippen LogP contribution < -0.4 is 0 Å². The van der Waals surface area contributed by atoms with Gasteiger partial charge in [-0.3, -0.25) is 4.90 Å². The molecule has 0 unspecified atom stereocenters. The number of fused-ring (bicyclic) bond motifs is 1. The molecular formula is C16H21N3O2. The van der Waals surface area contributed by atoms with Crippen LogP contribution in [0.25, 0.3) is 11.0 Å². The molecule has 1 aromatic heterocycles. The summed E-state index contributed by atoms with van der Waals surface area (Å²) in [7, 11) is 0. The molecule has 1 aliphatic rings. The van der Waals surface area contributed by atoms with E-state index in [0.29, 0.717) is 0 Å². The lowest BCUT2D eigenvalue weighted by Gasteiger charge is -2.16. The van der Waals surface area contributed by atoms with E-state index in [1.165, 1.54) is 0 Å². The molecule has 21 heavy (non-hydrogen) atoms. The number of benzene rings is 1. The Morgan fingerprint density at radius 3 is 2.19 bits per heavy atom. The van der Waals surface area contributed by atoms with Gasteiger partial charge in [0, 0.05) is 44.7 Å². The lowest BCUT2D eigenvalue weighted by Crippen LogP contribution is -2.22. The fourth-order valence-electron chi connectivity index (χ4n) is 3.07. The van der Waals surface area contributed by atoms with Crippen molar-refractivity contribution in [1.29, 1.82) is 0 Å². The zero-order valence-corrected chi connectivity index (χ0v) is 12.2. The van der Waals surface area contributed by atoms with Crippen LogP contribution in [0.2, 0.25) is 0 Å². The zero-order valence-electron chi connectivity index (χ0n) is 12.2. The van der Waals surface area contributed by atoms with E-state index in [4.69, 9.17) is 4.98 Å². The number of aliphatic hydroxyl groups excluding tert-OH is 2. The fourth-order valence-corrected chi connectivity index (χ4v) is 3.07. The first-order valence-corrected chi connectivity index (χ1v) is 7.37. The summed E-state index contributed by atoms with van der Waals surface area (Å²) in [6.45, 7) is 4.56. The number of likely N-dealkylation sites (tertiary alicyclic amines) is 1. The first-order chi connectivity index (χ1) is 10.2. The highest BCUT2D eigenvalue weighted by Gasteiger charge is 2.32. The highest BCUT2D eigenvalue weighted by Crippen LogP contribution is 2.24. The van der Waals surface area contributed by atoms with Gasteiger partial charge in [0.05, 0.1) is 22.4 Å². The Balaban J connectivity index is 1.80. The van der Waals surface area contributed by atoms with Crippen LogP contribution in [-0.2, 0) is 6.54 Å². The molecule has 1 aliphatic heterocycles. The molecule has 1 aromatic carbocycles. The number of aryl methyl sites for hydroxylation is 1. The van der Waals surface area contributed by atoms with Crippen LogP contribution >= 0.6 is 0 Å². The minimum atomic E-state index is 0.129. The van der Waals surface area contributed by atoms with Gasteiger partial charge in [0.25, 0.3) is 0 Å². The van der Waals surface area contributed by atoms with Gasteiger partial charge in [0.2, 0.25) is 0 Å². The van der Waals surface area contributed by atoms with E-state index in [9.17, 15) is 10.2 Å². The van der Waals surface area contributed by atoms with Crippen molar-refractivity contribution in [2.24, 2.45) is 11.8 Å². The molecule has 0 spiro atoms. The summed E-state index contributed by atoms with van der Waals surface area (Å²) in [5, 5.41) is 18.8. The number of rotatable bonds is 4. The van der Waals surface area contributed by atoms with Gasteiger partial charge in [-0.05, 0) is 19.1 Å². The molecule has 2 heterocycles. The van der Waals surface area contributed by atoms with Gasteiger partial charge in [-0.15, -0.1) is 0 Å². The highest BCUT2D eigenvalue weighted by atomic mass is 16.3. The van der Waals surface area contributed by atoms with Gasteiger partial charge >= 0.3 is 0 Å². The van der Waals surface area contributed by atoms with Gasteiger partial charge in [0.15, 0.2) is 0 Å². The van der Waals surface area contributed by atoms with Crippen molar-refractivity contribution in [1.82, 2.24) is 14.9 Å². The van der Waals surface area contributed by atoms with E-state index in [1.54, 1.807) is 0 Å². The van der Waals surface area contributed by atoms with Gasteiger partial charge < -0.3 is 10.2 Å². The average molecular weight is 287 g/mol. The van der Waals surface area contributed by atoms with Crippen LogP contribution in [0.5, 0.6) is 0 Å². The van der Waals surface area contributed by atoms with Gasteiger partial charge in [-0.1, -0.05) is 12.1 Å². The number of aromatic nitrogens is 2. The van der Waals surface area contributed by atoms with Crippen molar-refractivity contribution in [3.05, 3.63) is 35.7 Å². The maximum atomic E-state index is 9.38. The predicted octanol–water partition coefficient (Wildman–Crippen LogP) is 0.971. The van der Waals surface area contributed by atoms with Gasteiger partial charge in [-0.25, -0.2) is 9.97 Å². The fraction of sp³-hybridized carbons (Fsp3) is 0.500. The zero-order chi connectivity index (χ0) is 14.8. The van der Waals surface area contributed by atoms with Crippen LogP contribution in [0.1, 0.15) is 11.4 Å². The summed E-state index contributed by atoms with van der Waals surface area (Å²) in [6.07, 6.45) is 0. The highest BCUT2D eigenvalue weighted by molar-refractivity contribution is 5.74. The molecular weight excluding hydrogens is 266 g/mol. The van der Waals surface area contributed by atoms with Crippen LogP contribution in [0.15, 0.2) is 24.3 Å². The van der Waals surface area contributed by atoms with Crippen molar-refractivity contribution in [2.75, 3.05) is 26.3 Å². The topological polar surface area (TPSA) is 69.5 Å². The lowest BCUT2D eigenvalue weighted by atomic mass is 9.98. The summed E-state index contributed by atoms with van der Waals surface area (Å²) >= 11 is 0. The SMILES string of the molecule is Cc1nc2ccccc2nc1CN1C[C@@H](CO)[C@H](CO)C1. The summed E-state index contributed by atoms with van der Waals surface area (Å²) in [6, 6.07) is 7.88. The molecule has 2 atom stereocenters. The van der Waals surface area contributed by atoms with Gasteiger partial charge in [0.1, 0.15) is 0 Å². The summed E-state index contributed by atoms with van der Waals surface area (Å²) in [4.78, 5) is 11.6. The quantitative estimate of drug-likeness (QED) is 0.877. The number of para-hydroxylation sites is 2. The largest absolute Gasteiger partial charge is 0.396 e. The maximum Gasteiger partial charge on any atom is 0.0890 e. The summed E-state index contributed by atoms with van der Waals surface area (Å²) in [5.41, 5.74) is 3.75. The van der Waals surface area contributed by atoms with Gasteiger partial charge in [-0.2, -0.15) is 0 Å². The number of aliphatic hydroxyl groups is 2. The van der Waals surface area contributed by atoms with E-state index in [1.807, 2.05) is 31.2 Å². The third kappa shape index (κ3) is 2.90. The molecule has 0 radical (unpaired) electrons. The third-order valence-corrected chi connectivity index (χ3v) is 4.34. The van der Waals surface area contributed by atoms with Crippen LogP contribution in [0, 0.1) is 18.8 Å². The number of hydrogen-bond acceptors (Lipinski definition) is 5. The van der Waals surface area contributed by atoms with E-state index in [2.05, 4.69) is 9.88 Å². The van der Waals surface area contributed by atoms with E-state index in [-0.39, 0.29) is 25.0 Å². The Labute approximate surface area is 124 Å². The Kier molecular flexibility index (Phi) is 4.14. The smallest absolute Gasteiger partial charge is 0.0890 e. The molecule has 1 fully saturated rings. The molecule has 0 aliphatic carbocycles. The maximum absolute atomic E-state index is 9.38. The second kappa shape index (κ2) is 6.05. The molecule has 5 nitrogen and oxygen atoms in total. The minimum absolute atomic E-state index is 0.129.